The molecule has 77 heavy (non-hydrogen) atoms. The first-order chi connectivity index (χ1) is 36.0. The number of methoxy groups -OCH3 is 2. The van der Waals surface area contributed by atoms with Crippen molar-refractivity contribution in [2.75, 3.05) is 53.3 Å². The van der Waals surface area contributed by atoms with Crippen molar-refractivity contribution in [2.45, 2.75) is 163 Å². The molecule has 434 valence electrons. The van der Waals surface area contributed by atoms with Gasteiger partial charge in [0.15, 0.2) is 0 Å². The van der Waals surface area contributed by atoms with E-state index in [9.17, 15) is 42.3 Å². The highest BCUT2D eigenvalue weighted by atomic mass is 32.3. The van der Waals surface area contributed by atoms with Gasteiger partial charge in [-0.15, -0.1) is 0 Å². The molecular formula is C55H89N7O14S. The van der Waals surface area contributed by atoms with Gasteiger partial charge in [0.1, 0.15) is 24.4 Å². The van der Waals surface area contributed by atoms with Gasteiger partial charge in [-0.2, -0.15) is 8.42 Å². The molecule has 2 aromatic rings. The number of rotatable bonds is 29. The number of nitrogens with one attached hydrogen (secondary N) is 3. The minimum atomic E-state index is -4.49. The Kier molecular flexibility index (Phi) is 25.8. The van der Waals surface area contributed by atoms with Crippen LogP contribution in [0.5, 0.6) is 5.75 Å². The maximum absolute atomic E-state index is 14.7. The van der Waals surface area contributed by atoms with Crippen molar-refractivity contribution in [1.29, 1.82) is 0 Å². The van der Waals surface area contributed by atoms with E-state index in [1.54, 1.807) is 86.4 Å². The first kappa shape index (κ1) is 65.9. The molecule has 0 aliphatic carbocycles. The Morgan fingerprint density at radius 2 is 1.53 bits per heavy atom. The summed E-state index contributed by atoms with van der Waals surface area (Å²) >= 11 is 0. The summed E-state index contributed by atoms with van der Waals surface area (Å²) < 4.78 is 53.0. The average Bonchev–Trinajstić information content (AvgIpc) is 3.86. The number of likely N-dealkylation sites (tertiary alicyclic amines) is 1. The SMILES string of the molecule is CC[C@H](C)[C@@H]([C@@H](CC(=O)N1CCC[C@H]1[C@H](OC)[C@@H](C)C(=O)N[C@H](C)[C@@H](O)c1ccccc1)OC)N(C)C(=O)[C@@H](NC(=O)[C@H](C(C)C)N(C)C(=O)OCc1ccc(OS(=O)(=O)OCC(C)(C)C)cc1NC(=O)CCN)C(C)C. The number of ether oxygens (including phenoxy) is 3. The Balaban J connectivity index is 1.79. The number of nitrogens with two attached hydrogens (primary N) is 1. The van der Waals surface area contributed by atoms with E-state index in [2.05, 4.69) is 16.0 Å². The number of aliphatic hydroxyl groups is 1. The van der Waals surface area contributed by atoms with E-state index in [4.69, 9.17) is 28.3 Å². The molecule has 1 fully saturated rings. The van der Waals surface area contributed by atoms with Gasteiger partial charge < -0.3 is 55.0 Å². The van der Waals surface area contributed by atoms with Gasteiger partial charge in [-0.3, -0.25) is 28.9 Å². The molecule has 3 rings (SSSR count). The Hall–Kier alpha value is -5.39. The van der Waals surface area contributed by atoms with E-state index in [0.29, 0.717) is 31.4 Å². The Bertz CT molecular complexity index is 2370. The third-order valence-electron chi connectivity index (χ3n) is 14.0. The standard InChI is InChI=1S/C55H89N7O14S/c1-16-35(6)48(43(72-14)30-45(64)62-28-20-23-42(62)50(73-15)36(7)51(66)57-37(8)49(65)38-21-18-17-19-22-38)60(12)53(68)46(33(2)3)59-52(67)47(34(4)5)61(13)54(69)74-31-39-24-25-40(29-41(39)58-44(63)26-27-56)76-77(70,71)75-32-55(9,10)11/h17-19,21-22,24-25,29,33-37,42-43,46-50,65H,16,20,23,26-28,30-32,56H2,1-15H3,(H,57,66)(H,58,63)(H,59,67)/t35-,36+,37+,42-,43+,46-,47-,48-,49+,50+/m0/s1. The van der Waals surface area contributed by atoms with E-state index in [-0.39, 0.29) is 60.7 Å². The number of carbonyl (C=O) groups is 6. The lowest BCUT2D eigenvalue weighted by Gasteiger charge is -2.41. The number of carbonyl (C=O) groups excluding carboxylic acids is 6. The fraction of sp³-hybridized carbons (Fsp3) is 0.673. The number of likely N-dealkylation sites (N-methyl/N-ethyl adjacent to an activating group) is 2. The van der Waals surface area contributed by atoms with Gasteiger partial charge in [0.25, 0.3) is 0 Å². The first-order valence-electron chi connectivity index (χ1n) is 26.6. The summed E-state index contributed by atoms with van der Waals surface area (Å²) in [6.07, 6.45) is -1.53. The molecular weight excluding hydrogens is 1010 g/mol. The van der Waals surface area contributed by atoms with Crippen molar-refractivity contribution < 1.29 is 64.9 Å². The molecule has 1 heterocycles. The van der Waals surface area contributed by atoms with Crippen LogP contribution in [0.4, 0.5) is 10.5 Å². The zero-order chi connectivity index (χ0) is 58.1. The van der Waals surface area contributed by atoms with Gasteiger partial charge in [-0.1, -0.05) is 106 Å². The maximum Gasteiger partial charge on any atom is 0.449 e. The minimum Gasteiger partial charge on any atom is -0.444 e. The van der Waals surface area contributed by atoms with Crippen LogP contribution in [-0.2, 0) is 59.4 Å². The molecule has 6 amide bonds. The van der Waals surface area contributed by atoms with E-state index in [1.165, 1.54) is 44.4 Å². The quantitative estimate of drug-likeness (QED) is 0.0668. The molecule has 22 heteroatoms. The van der Waals surface area contributed by atoms with Gasteiger partial charge in [0.05, 0.1) is 61.1 Å². The Morgan fingerprint density at radius 1 is 0.883 bits per heavy atom. The van der Waals surface area contributed by atoms with Crippen molar-refractivity contribution in [2.24, 2.45) is 34.8 Å². The fourth-order valence-electron chi connectivity index (χ4n) is 9.52. The number of amides is 6. The molecule has 1 aliphatic heterocycles. The summed E-state index contributed by atoms with van der Waals surface area (Å²) in [5, 5.41) is 19.4. The topological polar surface area (TPSA) is 275 Å². The van der Waals surface area contributed by atoms with Crippen LogP contribution in [0, 0.1) is 29.1 Å². The van der Waals surface area contributed by atoms with Crippen LogP contribution in [-0.4, -0.2) is 154 Å². The van der Waals surface area contributed by atoms with Gasteiger partial charge in [-0.25, -0.2) is 8.98 Å². The molecule has 0 unspecified atom stereocenters. The average molecular weight is 1100 g/mol. The van der Waals surface area contributed by atoms with E-state index in [1.807, 2.05) is 32.0 Å². The fourth-order valence-corrected chi connectivity index (χ4v) is 10.4. The largest absolute Gasteiger partial charge is 0.449 e. The lowest BCUT2D eigenvalue weighted by Crippen LogP contribution is -2.60. The molecule has 0 radical (unpaired) electrons. The maximum atomic E-state index is 14.7. The zero-order valence-corrected chi connectivity index (χ0v) is 48.8. The lowest BCUT2D eigenvalue weighted by molar-refractivity contribution is -0.148. The van der Waals surface area contributed by atoms with Gasteiger partial charge in [0.2, 0.25) is 29.5 Å². The Morgan fingerprint density at radius 3 is 2.09 bits per heavy atom. The normalized spacial score (nSPS) is 17.5. The second-order valence-electron chi connectivity index (χ2n) is 22.0. The summed E-state index contributed by atoms with van der Waals surface area (Å²) in [5.41, 5.74) is 6.12. The van der Waals surface area contributed by atoms with Crippen LogP contribution in [0.15, 0.2) is 48.5 Å². The molecule has 1 saturated heterocycles. The predicted octanol–water partition coefficient (Wildman–Crippen LogP) is 5.55. The number of hydrogen-bond donors (Lipinski definition) is 5. The molecule has 6 N–H and O–H groups in total. The highest BCUT2D eigenvalue weighted by Gasteiger charge is 2.44. The number of benzene rings is 2. The van der Waals surface area contributed by atoms with Crippen LogP contribution < -0.4 is 25.9 Å². The molecule has 10 atom stereocenters. The van der Waals surface area contributed by atoms with E-state index >= 15 is 0 Å². The van der Waals surface area contributed by atoms with Gasteiger partial charge in [-0.05, 0) is 60.6 Å². The number of aliphatic hydroxyl groups excluding tert-OH is 1. The summed E-state index contributed by atoms with van der Waals surface area (Å²) in [4.78, 5) is 87.9. The highest BCUT2D eigenvalue weighted by molar-refractivity contribution is 7.82. The predicted molar refractivity (Wildman–Crippen MR) is 292 cm³/mol. The summed E-state index contributed by atoms with van der Waals surface area (Å²) in [6, 6.07) is 9.16. The summed E-state index contributed by atoms with van der Waals surface area (Å²) in [6.45, 7) is 19.7. The number of hydrogen-bond acceptors (Lipinski definition) is 15. The van der Waals surface area contributed by atoms with Gasteiger partial charge in [0, 0.05) is 59.5 Å². The van der Waals surface area contributed by atoms with Crippen molar-refractivity contribution in [3.8, 4) is 5.75 Å². The molecule has 0 spiro atoms. The third kappa shape index (κ3) is 19.2. The summed E-state index contributed by atoms with van der Waals surface area (Å²) in [7, 11) is 1.54. The monoisotopic (exact) mass is 1100 g/mol. The van der Waals surface area contributed by atoms with E-state index < -0.39 is 113 Å². The molecule has 1 aliphatic rings. The highest BCUT2D eigenvalue weighted by Crippen LogP contribution is 2.31. The van der Waals surface area contributed by atoms with Crippen LogP contribution in [0.2, 0.25) is 0 Å². The summed E-state index contributed by atoms with van der Waals surface area (Å²) in [5.74, 6) is -4.05. The second kappa shape index (κ2) is 30.1. The smallest absolute Gasteiger partial charge is 0.444 e. The van der Waals surface area contributed by atoms with Crippen LogP contribution >= 0.6 is 0 Å². The van der Waals surface area contributed by atoms with Crippen LogP contribution in [0.1, 0.15) is 125 Å². The number of anilines is 1. The second-order valence-corrected chi connectivity index (χ2v) is 23.3. The van der Waals surface area contributed by atoms with Crippen molar-refractivity contribution in [3.05, 3.63) is 59.7 Å². The van der Waals surface area contributed by atoms with Crippen LogP contribution in [0.25, 0.3) is 0 Å². The lowest BCUT2D eigenvalue weighted by atomic mass is 9.89. The number of nitrogens with zero attached hydrogens (tertiary/aromatic N) is 3. The first-order valence-corrected chi connectivity index (χ1v) is 27.9. The van der Waals surface area contributed by atoms with Crippen LogP contribution in [0.3, 0.4) is 0 Å². The molecule has 0 aromatic heterocycles. The van der Waals surface area contributed by atoms with Crippen molar-refractivity contribution in [1.82, 2.24) is 25.3 Å². The minimum absolute atomic E-state index is 0.0295. The van der Waals surface area contributed by atoms with Crippen molar-refractivity contribution in [3.63, 3.8) is 0 Å². The van der Waals surface area contributed by atoms with Gasteiger partial charge >= 0.3 is 16.5 Å². The zero-order valence-electron chi connectivity index (χ0n) is 48.0. The molecule has 21 nitrogen and oxygen atoms in total. The van der Waals surface area contributed by atoms with Crippen molar-refractivity contribution >= 4 is 51.7 Å². The molecule has 2 aromatic carbocycles. The third-order valence-corrected chi connectivity index (χ3v) is 14.8. The molecule has 0 bridgehead atoms. The molecule has 0 saturated carbocycles. The Labute approximate surface area is 457 Å². The van der Waals surface area contributed by atoms with E-state index in [0.717, 1.165) is 4.90 Å².